The molecule has 2 unspecified atom stereocenters. The molecule has 1 aliphatic heterocycles. The van der Waals surface area contributed by atoms with Crippen LogP contribution in [0.4, 0.5) is 0 Å². The van der Waals surface area contributed by atoms with Crippen LogP contribution in [0.15, 0.2) is 0 Å². The second-order valence-corrected chi connectivity index (χ2v) is 2.83. The van der Waals surface area contributed by atoms with Gasteiger partial charge in [0.05, 0.1) is 6.04 Å². The Balaban J connectivity index is 2.35. The monoisotopic (exact) mass is 172 g/mol. The number of ether oxygens (including phenoxy) is 1. The second-order valence-electron chi connectivity index (χ2n) is 2.83. The van der Waals surface area contributed by atoms with E-state index >= 15 is 0 Å². The largest absolute Gasteiger partial charge is 0.461 e. The zero-order valence-electron chi connectivity index (χ0n) is 6.87. The van der Waals surface area contributed by atoms with Crippen LogP contribution in [-0.4, -0.2) is 30.6 Å². The van der Waals surface area contributed by atoms with Crippen molar-refractivity contribution in [2.45, 2.75) is 25.5 Å². The highest BCUT2D eigenvalue weighted by Gasteiger charge is 2.29. The third kappa shape index (κ3) is 2.20. The molecule has 1 rings (SSSR count). The molecule has 0 spiro atoms. The molecule has 5 heteroatoms. The zero-order valence-corrected chi connectivity index (χ0v) is 6.87. The van der Waals surface area contributed by atoms with Gasteiger partial charge < -0.3 is 15.8 Å². The van der Waals surface area contributed by atoms with E-state index < -0.39 is 5.91 Å². The number of hydrogen-bond acceptors (Lipinski definition) is 4. The molecular formula is C7H12N2O3. The Bertz CT molecular complexity index is 205. The van der Waals surface area contributed by atoms with Crippen LogP contribution in [0.5, 0.6) is 0 Å². The van der Waals surface area contributed by atoms with Crippen molar-refractivity contribution >= 4 is 11.9 Å². The van der Waals surface area contributed by atoms with E-state index in [2.05, 4.69) is 5.32 Å². The van der Waals surface area contributed by atoms with Crippen LogP contribution in [-0.2, 0) is 14.3 Å². The van der Waals surface area contributed by atoms with Gasteiger partial charge in [-0.1, -0.05) is 0 Å². The molecule has 0 aromatic carbocycles. The van der Waals surface area contributed by atoms with Crippen LogP contribution in [0, 0.1) is 0 Å². The Kier molecular flexibility index (Phi) is 2.65. The zero-order chi connectivity index (χ0) is 9.14. The van der Waals surface area contributed by atoms with Gasteiger partial charge in [0, 0.05) is 19.9 Å². The number of nitrogens with one attached hydrogen (secondary N) is 1. The first-order valence-corrected chi connectivity index (χ1v) is 3.79. The van der Waals surface area contributed by atoms with Crippen molar-refractivity contribution in [3.63, 3.8) is 0 Å². The molecule has 1 heterocycles. The molecule has 2 atom stereocenters. The van der Waals surface area contributed by atoms with Crippen molar-refractivity contribution in [3.05, 3.63) is 0 Å². The average Bonchev–Trinajstić information content (AvgIpc) is 2.34. The van der Waals surface area contributed by atoms with E-state index in [1.165, 1.54) is 6.92 Å². The highest BCUT2D eigenvalue weighted by Crippen LogP contribution is 2.09. The topological polar surface area (TPSA) is 81.4 Å². The predicted molar refractivity (Wildman–Crippen MR) is 41.2 cm³/mol. The van der Waals surface area contributed by atoms with Crippen molar-refractivity contribution in [1.29, 1.82) is 0 Å². The summed E-state index contributed by atoms with van der Waals surface area (Å²) in [5.41, 5.74) is 5.05. The summed E-state index contributed by atoms with van der Waals surface area (Å²) in [5, 5.41) is 2.86. The Morgan fingerprint density at radius 2 is 2.25 bits per heavy atom. The van der Waals surface area contributed by atoms with Gasteiger partial charge >= 0.3 is 5.97 Å². The summed E-state index contributed by atoms with van der Waals surface area (Å²) < 4.78 is 4.88. The van der Waals surface area contributed by atoms with Crippen LogP contribution in [0.3, 0.4) is 0 Å². The molecule has 0 saturated carbocycles. The first-order valence-electron chi connectivity index (χ1n) is 3.79. The minimum atomic E-state index is -0.398. The van der Waals surface area contributed by atoms with E-state index in [0.717, 1.165) is 0 Å². The van der Waals surface area contributed by atoms with Gasteiger partial charge in [0.15, 0.2) is 0 Å². The summed E-state index contributed by atoms with van der Waals surface area (Å²) >= 11 is 0. The smallest absolute Gasteiger partial charge is 0.302 e. The molecule has 0 radical (unpaired) electrons. The quantitative estimate of drug-likeness (QED) is 0.511. The fraction of sp³-hybridized carbons (Fsp3) is 0.714. The van der Waals surface area contributed by atoms with Gasteiger partial charge in [0.1, 0.15) is 6.10 Å². The fourth-order valence-corrected chi connectivity index (χ4v) is 1.24. The first kappa shape index (κ1) is 8.99. The number of primary amides is 1. The van der Waals surface area contributed by atoms with Gasteiger partial charge in [-0.3, -0.25) is 9.59 Å². The van der Waals surface area contributed by atoms with Crippen molar-refractivity contribution in [2.75, 3.05) is 6.54 Å². The van der Waals surface area contributed by atoms with Gasteiger partial charge in [-0.05, 0) is 0 Å². The minimum Gasteiger partial charge on any atom is -0.461 e. The summed E-state index contributed by atoms with van der Waals surface area (Å²) in [7, 11) is 0. The maximum absolute atomic E-state index is 10.7. The Morgan fingerprint density at radius 3 is 2.67 bits per heavy atom. The van der Waals surface area contributed by atoms with Gasteiger partial charge in [-0.2, -0.15) is 0 Å². The first-order chi connectivity index (χ1) is 5.59. The number of rotatable bonds is 2. The number of nitrogens with two attached hydrogens (primary N) is 1. The molecular weight excluding hydrogens is 160 g/mol. The van der Waals surface area contributed by atoms with Crippen molar-refractivity contribution in [3.8, 4) is 0 Å². The van der Waals surface area contributed by atoms with Gasteiger partial charge in [0.2, 0.25) is 5.91 Å². The number of carbonyl (C=O) groups excluding carboxylic acids is 2. The maximum atomic E-state index is 10.7. The lowest BCUT2D eigenvalue weighted by Gasteiger charge is -2.07. The average molecular weight is 172 g/mol. The van der Waals surface area contributed by atoms with Crippen molar-refractivity contribution in [2.24, 2.45) is 5.73 Å². The number of hydrogen-bond donors (Lipinski definition) is 2. The Labute approximate surface area is 70.2 Å². The van der Waals surface area contributed by atoms with Crippen LogP contribution < -0.4 is 11.1 Å². The molecule has 1 fully saturated rings. The third-order valence-electron chi connectivity index (χ3n) is 1.77. The molecule has 1 saturated heterocycles. The van der Waals surface area contributed by atoms with E-state index in [9.17, 15) is 9.59 Å². The summed E-state index contributed by atoms with van der Waals surface area (Å²) in [6.07, 6.45) is 0.273. The second kappa shape index (κ2) is 3.53. The lowest BCUT2D eigenvalue weighted by Crippen LogP contribution is -2.36. The Hall–Kier alpha value is -1.10. The number of amides is 1. The van der Waals surface area contributed by atoms with Crippen LogP contribution in [0.2, 0.25) is 0 Å². The van der Waals surface area contributed by atoms with E-state index in [1.807, 2.05) is 0 Å². The molecule has 0 bridgehead atoms. The molecule has 1 amide bonds. The predicted octanol–water partition coefficient (Wildman–Crippen LogP) is -1.23. The Morgan fingerprint density at radius 1 is 1.58 bits per heavy atom. The lowest BCUT2D eigenvalue weighted by molar-refractivity contribution is -0.145. The van der Waals surface area contributed by atoms with Gasteiger partial charge in [0.25, 0.3) is 0 Å². The van der Waals surface area contributed by atoms with Crippen molar-refractivity contribution in [1.82, 2.24) is 5.32 Å². The van der Waals surface area contributed by atoms with Crippen LogP contribution >= 0.6 is 0 Å². The molecule has 0 aromatic rings. The van der Waals surface area contributed by atoms with Gasteiger partial charge in [-0.15, -0.1) is 0 Å². The molecule has 1 aliphatic rings. The molecule has 68 valence electrons. The van der Waals surface area contributed by atoms with E-state index in [0.29, 0.717) is 13.0 Å². The molecule has 0 aromatic heterocycles. The third-order valence-corrected chi connectivity index (χ3v) is 1.77. The van der Waals surface area contributed by atoms with Gasteiger partial charge in [-0.25, -0.2) is 0 Å². The highest BCUT2D eigenvalue weighted by atomic mass is 16.5. The summed E-state index contributed by atoms with van der Waals surface area (Å²) in [5.74, 6) is -0.725. The molecule has 5 nitrogen and oxygen atoms in total. The van der Waals surface area contributed by atoms with Crippen LogP contribution in [0.25, 0.3) is 0 Å². The number of carbonyl (C=O) groups is 2. The van der Waals surface area contributed by atoms with E-state index in [-0.39, 0.29) is 18.1 Å². The number of esters is 1. The van der Waals surface area contributed by atoms with E-state index in [1.54, 1.807) is 0 Å². The standard InChI is InChI=1S/C7H12N2O3/c1-4(10)12-5-2-6(7(8)11)9-3-5/h5-6,9H,2-3H2,1H3,(H2,8,11). The molecule has 12 heavy (non-hydrogen) atoms. The normalized spacial score (nSPS) is 28.4. The summed E-state index contributed by atoms with van der Waals surface area (Å²) in [6, 6.07) is -0.352. The van der Waals surface area contributed by atoms with E-state index in [4.69, 9.17) is 10.5 Å². The minimum absolute atomic E-state index is 0.208. The summed E-state index contributed by atoms with van der Waals surface area (Å²) in [6.45, 7) is 1.85. The molecule has 3 N–H and O–H groups in total. The van der Waals surface area contributed by atoms with Crippen molar-refractivity contribution < 1.29 is 14.3 Å². The fourth-order valence-electron chi connectivity index (χ4n) is 1.24. The van der Waals surface area contributed by atoms with Crippen LogP contribution in [0.1, 0.15) is 13.3 Å². The molecule has 0 aliphatic carbocycles. The summed E-state index contributed by atoms with van der Waals surface area (Å²) in [4.78, 5) is 21.2. The lowest BCUT2D eigenvalue weighted by atomic mass is 10.2. The maximum Gasteiger partial charge on any atom is 0.302 e. The SMILES string of the molecule is CC(=O)OC1CNC(C(N)=O)C1. The highest BCUT2D eigenvalue weighted by molar-refractivity contribution is 5.80.